The molecule has 0 aliphatic heterocycles. The van der Waals surface area contributed by atoms with Crippen LogP contribution in [0.15, 0.2) is 36.4 Å². The van der Waals surface area contributed by atoms with Crippen molar-refractivity contribution in [3.05, 3.63) is 59.4 Å². The lowest BCUT2D eigenvalue weighted by atomic mass is 10.2. The Hall–Kier alpha value is -3.03. The van der Waals surface area contributed by atoms with Crippen molar-refractivity contribution in [2.45, 2.75) is 13.0 Å². The van der Waals surface area contributed by atoms with E-state index in [1.54, 1.807) is 12.1 Å². The van der Waals surface area contributed by atoms with Crippen LogP contribution in [-0.2, 0) is 16.2 Å². The molecule has 0 bridgehead atoms. The lowest BCUT2D eigenvalue weighted by molar-refractivity contribution is -0.124. The molecule has 0 fully saturated rings. The number of carbonyl (C=O) groups excluding carboxylic acids is 2. The molecule has 0 saturated heterocycles. The smallest absolute Gasteiger partial charge is 0.233 e. The third kappa shape index (κ3) is 4.48. The monoisotopic (exact) mass is 338 g/mol. The molecule has 5 nitrogen and oxygen atoms in total. The molecule has 0 heterocycles. The molecule has 0 saturated carbocycles. The minimum Gasteiger partial charge on any atom is -0.487 e. The predicted molar refractivity (Wildman–Crippen MR) is 79.5 cm³/mol. The molecule has 0 atom stereocenters. The molecule has 2 rings (SSSR count). The second-order valence-corrected chi connectivity index (χ2v) is 4.83. The van der Waals surface area contributed by atoms with Crippen molar-refractivity contribution >= 4 is 17.5 Å². The van der Waals surface area contributed by atoms with E-state index >= 15 is 0 Å². The van der Waals surface area contributed by atoms with E-state index in [0.29, 0.717) is 12.1 Å². The Labute approximate surface area is 135 Å². The van der Waals surface area contributed by atoms with Gasteiger partial charge in [0, 0.05) is 11.6 Å². The van der Waals surface area contributed by atoms with Crippen molar-refractivity contribution in [3.8, 4) is 5.75 Å². The van der Waals surface area contributed by atoms with Crippen molar-refractivity contribution in [1.82, 2.24) is 0 Å². The lowest BCUT2D eigenvalue weighted by Gasteiger charge is -2.12. The normalized spacial score (nSPS) is 10.3. The number of halogens is 3. The van der Waals surface area contributed by atoms with Crippen molar-refractivity contribution < 1.29 is 27.5 Å². The van der Waals surface area contributed by atoms with Crippen LogP contribution in [0.4, 0.5) is 18.9 Å². The van der Waals surface area contributed by atoms with Gasteiger partial charge in [-0.3, -0.25) is 9.59 Å². The summed E-state index contributed by atoms with van der Waals surface area (Å²) in [5, 5.41) is 2.42. The molecule has 8 heteroatoms. The highest BCUT2D eigenvalue weighted by Crippen LogP contribution is 2.25. The Morgan fingerprint density at radius 2 is 1.71 bits per heavy atom. The van der Waals surface area contributed by atoms with Crippen LogP contribution in [0.3, 0.4) is 0 Å². The minimum atomic E-state index is -1.30. The van der Waals surface area contributed by atoms with Crippen LogP contribution in [0.2, 0.25) is 0 Å². The molecule has 0 aromatic heterocycles. The van der Waals surface area contributed by atoms with Gasteiger partial charge in [-0.25, -0.2) is 13.2 Å². The molecule has 126 valence electrons. The van der Waals surface area contributed by atoms with E-state index in [0.717, 1.165) is 0 Å². The fourth-order valence-corrected chi connectivity index (χ4v) is 1.88. The van der Waals surface area contributed by atoms with Crippen molar-refractivity contribution in [2.75, 3.05) is 5.32 Å². The number of benzene rings is 2. The van der Waals surface area contributed by atoms with E-state index in [2.05, 4.69) is 5.32 Å². The van der Waals surface area contributed by atoms with Gasteiger partial charge >= 0.3 is 0 Å². The van der Waals surface area contributed by atoms with Crippen LogP contribution in [-0.4, -0.2) is 11.8 Å². The molecule has 2 aromatic rings. The molecule has 0 aliphatic carbocycles. The molecule has 0 unspecified atom stereocenters. The van der Waals surface area contributed by atoms with E-state index in [4.69, 9.17) is 10.5 Å². The number of hydrogen-bond acceptors (Lipinski definition) is 3. The van der Waals surface area contributed by atoms with E-state index in [1.807, 2.05) is 0 Å². The number of anilines is 1. The number of hydrogen-bond donors (Lipinski definition) is 2. The maximum absolute atomic E-state index is 13.6. The zero-order valence-corrected chi connectivity index (χ0v) is 12.3. The summed E-state index contributed by atoms with van der Waals surface area (Å²) in [5.74, 6) is -4.72. The van der Waals surface area contributed by atoms with Crippen LogP contribution in [0.25, 0.3) is 0 Å². The fourth-order valence-electron chi connectivity index (χ4n) is 1.88. The quantitative estimate of drug-likeness (QED) is 0.627. The van der Waals surface area contributed by atoms with Gasteiger partial charge < -0.3 is 15.8 Å². The molecule has 24 heavy (non-hydrogen) atoms. The molecule has 0 spiro atoms. The standard InChI is InChI=1S/C16H13F3N2O3/c17-10-6-12(19)11(18)5-9(10)8-24-14-4-2-1-3-13(14)21-16(23)7-15(20)22/h1-6H,7-8H2,(H2,20,22)(H,21,23). The first-order valence-electron chi connectivity index (χ1n) is 6.80. The van der Waals surface area contributed by atoms with Gasteiger partial charge in [0.1, 0.15) is 24.6 Å². The third-order valence-electron chi connectivity index (χ3n) is 2.97. The summed E-state index contributed by atoms with van der Waals surface area (Å²) in [6.07, 6.45) is -0.508. The number of nitrogens with two attached hydrogens (primary N) is 1. The zero-order chi connectivity index (χ0) is 17.7. The van der Waals surface area contributed by atoms with E-state index < -0.39 is 35.7 Å². The van der Waals surface area contributed by atoms with Gasteiger partial charge in [-0.15, -0.1) is 0 Å². The number of carbonyl (C=O) groups is 2. The topological polar surface area (TPSA) is 81.4 Å². The summed E-state index contributed by atoms with van der Waals surface area (Å²) < 4.78 is 45.0. The molecular weight excluding hydrogens is 325 g/mol. The van der Waals surface area contributed by atoms with E-state index in [9.17, 15) is 22.8 Å². The number of ether oxygens (including phenoxy) is 1. The molecule has 0 aliphatic rings. The van der Waals surface area contributed by atoms with Crippen LogP contribution in [0, 0.1) is 17.5 Å². The van der Waals surface area contributed by atoms with Gasteiger partial charge in [0.05, 0.1) is 5.69 Å². The largest absolute Gasteiger partial charge is 0.487 e. The molecule has 3 N–H and O–H groups in total. The Morgan fingerprint density at radius 1 is 1.04 bits per heavy atom. The van der Waals surface area contributed by atoms with Gasteiger partial charge in [0.2, 0.25) is 11.8 Å². The Balaban J connectivity index is 2.12. The maximum atomic E-state index is 13.6. The highest BCUT2D eigenvalue weighted by atomic mass is 19.2. The summed E-state index contributed by atoms with van der Waals surface area (Å²) in [7, 11) is 0. The molecule has 2 aromatic carbocycles. The number of para-hydroxylation sites is 2. The molecule has 2 amide bonds. The summed E-state index contributed by atoms with van der Waals surface area (Å²) >= 11 is 0. The highest BCUT2D eigenvalue weighted by molar-refractivity contribution is 6.03. The first-order valence-corrected chi connectivity index (χ1v) is 6.80. The summed E-state index contributed by atoms with van der Waals surface area (Å²) in [5.41, 5.74) is 4.96. The highest BCUT2D eigenvalue weighted by Gasteiger charge is 2.13. The van der Waals surface area contributed by atoms with Crippen LogP contribution in [0.5, 0.6) is 5.75 Å². The molecule has 0 radical (unpaired) electrons. The Bertz CT molecular complexity index is 781. The SMILES string of the molecule is NC(=O)CC(=O)Nc1ccccc1OCc1cc(F)c(F)cc1F. The second-order valence-electron chi connectivity index (χ2n) is 4.83. The van der Waals surface area contributed by atoms with Gasteiger partial charge in [-0.2, -0.15) is 0 Å². The van der Waals surface area contributed by atoms with Crippen molar-refractivity contribution in [2.24, 2.45) is 5.73 Å². The minimum absolute atomic E-state index is 0.166. The van der Waals surface area contributed by atoms with Gasteiger partial charge in [-0.05, 0) is 18.2 Å². The predicted octanol–water partition coefficient (Wildman–Crippen LogP) is 2.50. The van der Waals surface area contributed by atoms with Crippen molar-refractivity contribution in [1.29, 1.82) is 0 Å². The summed E-state index contributed by atoms with van der Waals surface area (Å²) in [6, 6.07) is 7.30. The average Bonchev–Trinajstić information content (AvgIpc) is 2.50. The van der Waals surface area contributed by atoms with Crippen LogP contribution >= 0.6 is 0 Å². The number of amides is 2. The van der Waals surface area contributed by atoms with Gasteiger partial charge in [0.25, 0.3) is 0 Å². The van der Waals surface area contributed by atoms with Gasteiger partial charge in [0.15, 0.2) is 11.6 Å². The zero-order valence-electron chi connectivity index (χ0n) is 12.3. The number of rotatable bonds is 6. The molecular formula is C16H13F3N2O3. The van der Waals surface area contributed by atoms with E-state index in [1.165, 1.54) is 12.1 Å². The second kappa shape index (κ2) is 7.49. The fraction of sp³-hybridized carbons (Fsp3) is 0.125. The Morgan fingerprint density at radius 3 is 2.42 bits per heavy atom. The maximum Gasteiger partial charge on any atom is 0.233 e. The number of nitrogens with one attached hydrogen (secondary N) is 1. The van der Waals surface area contributed by atoms with Crippen LogP contribution < -0.4 is 15.8 Å². The van der Waals surface area contributed by atoms with Crippen LogP contribution in [0.1, 0.15) is 12.0 Å². The first kappa shape index (κ1) is 17.3. The first-order chi connectivity index (χ1) is 11.4. The van der Waals surface area contributed by atoms with Crippen molar-refractivity contribution in [3.63, 3.8) is 0 Å². The summed E-state index contributed by atoms with van der Waals surface area (Å²) in [4.78, 5) is 22.3. The average molecular weight is 338 g/mol. The summed E-state index contributed by atoms with van der Waals surface area (Å²) in [6.45, 7) is -0.383. The number of primary amides is 1. The van der Waals surface area contributed by atoms with Gasteiger partial charge in [-0.1, -0.05) is 12.1 Å². The lowest BCUT2D eigenvalue weighted by Crippen LogP contribution is -2.21. The van der Waals surface area contributed by atoms with E-state index in [-0.39, 0.29) is 23.6 Å². The Kier molecular flexibility index (Phi) is 5.41. The third-order valence-corrected chi connectivity index (χ3v) is 2.97.